The summed E-state index contributed by atoms with van der Waals surface area (Å²) in [7, 11) is 0. The highest BCUT2D eigenvalue weighted by molar-refractivity contribution is 5.47. The van der Waals surface area contributed by atoms with Gasteiger partial charge >= 0.3 is 0 Å². The fraction of sp³-hybridized carbons (Fsp3) is 0.280. The van der Waals surface area contributed by atoms with Crippen LogP contribution < -0.4 is 14.8 Å². The van der Waals surface area contributed by atoms with Gasteiger partial charge in [-0.15, -0.1) is 0 Å². The fourth-order valence-corrected chi connectivity index (χ4v) is 2.86. The maximum Gasteiger partial charge on any atom is 0.119 e. The van der Waals surface area contributed by atoms with E-state index in [0.29, 0.717) is 6.61 Å². The third-order valence-corrected chi connectivity index (χ3v) is 4.54. The smallest absolute Gasteiger partial charge is 0.119 e. The van der Waals surface area contributed by atoms with Crippen LogP contribution in [0, 0.1) is 0 Å². The van der Waals surface area contributed by atoms with Gasteiger partial charge in [-0.3, -0.25) is 0 Å². The van der Waals surface area contributed by atoms with E-state index in [4.69, 9.17) is 9.47 Å². The molecule has 3 heteroatoms. The van der Waals surface area contributed by atoms with Crippen LogP contribution in [0.3, 0.4) is 0 Å². The van der Waals surface area contributed by atoms with Gasteiger partial charge in [0.05, 0.1) is 6.61 Å². The molecular formula is C25H29NO2. The summed E-state index contributed by atoms with van der Waals surface area (Å²) in [5, 5.41) is 3.44. The minimum atomic E-state index is 0.584. The molecule has 0 spiro atoms. The van der Waals surface area contributed by atoms with E-state index in [2.05, 4.69) is 36.5 Å². The van der Waals surface area contributed by atoms with Crippen LogP contribution in [0.15, 0.2) is 78.9 Å². The molecule has 0 aliphatic carbocycles. The number of benzene rings is 3. The lowest BCUT2D eigenvalue weighted by atomic mass is 10.2. The third-order valence-electron chi connectivity index (χ3n) is 4.54. The standard InChI is InChI=1S/C25H29NO2/c1-2-3-7-18-27-24-14-10-21(11-15-24)19-26-23-12-16-25(17-13-23)28-20-22-8-5-4-6-9-22/h4-6,8-17,26H,2-3,7,18-20H2,1H3. The van der Waals surface area contributed by atoms with Crippen LogP contribution in [0.2, 0.25) is 0 Å². The van der Waals surface area contributed by atoms with Gasteiger partial charge in [0.2, 0.25) is 0 Å². The van der Waals surface area contributed by atoms with Gasteiger partial charge in [-0.1, -0.05) is 62.2 Å². The molecule has 0 heterocycles. The largest absolute Gasteiger partial charge is 0.494 e. The lowest BCUT2D eigenvalue weighted by Gasteiger charge is -2.10. The van der Waals surface area contributed by atoms with E-state index in [9.17, 15) is 0 Å². The Balaban J connectivity index is 1.41. The Morgan fingerprint density at radius 3 is 2.07 bits per heavy atom. The van der Waals surface area contributed by atoms with Crippen LogP contribution in [0.25, 0.3) is 0 Å². The number of rotatable bonds is 11. The van der Waals surface area contributed by atoms with Crippen molar-refractivity contribution in [1.82, 2.24) is 0 Å². The zero-order valence-corrected chi connectivity index (χ0v) is 16.6. The molecule has 0 unspecified atom stereocenters. The summed E-state index contributed by atoms with van der Waals surface area (Å²) in [6, 6.07) is 26.6. The molecule has 3 aromatic carbocycles. The predicted molar refractivity (Wildman–Crippen MR) is 116 cm³/mol. The van der Waals surface area contributed by atoms with Gasteiger partial charge in [-0.05, 0) is 53.9 Å². The molecule has 0 aliphatic rings. The molecule has 0 amide bonds. The molecule has 3 aromatic rings. The zero-order valence-electron chi connectivity index (χ0n) is 16.6. The Morgan fingerprint density at radius 2 is 1.36 bits per heavy atom. The summed E-state index contributed by atoms with van der Waals surface area (Å²) in [6.45, 7) is 4.36. The second-order valence-electron chi connectivity index (χ2n) is 6.85. The number of nitrogens with one attached hydrogen (secondary N) is 1. The molecule has 0 bridgehead atoms. The minimum Gasteiger partial charge on any atom is -0.494 e. The molecule has 0 radical (unpaired) electrons. The van der Waals surface area contributed by atoms with Crippen molar-refractivity contribution in [1.29, 1.82) is 0 Å². The molecule has 0 aliphatic heterocycles. The molecule has 0 aromatic heterocycles. The second-order valence-corrected chi connectivity index (χ2v) is 6.85. The van der Waals surface area contributed by atoms with E-state index in [1.54, 1.807) is 0 Å². The Bertz CT molecular complexity index is 798. The van der Waals surface area contributed by atoms with Gasteiger partial charge in [0.1, 0.15) is 18.1 Å². The van der Waals surface area contributed by atoms with Crippen molar-refractivity contribution in [3.63, 3.8) is 0 Å². The topological polar surface area (TPSA) is 30.5 Å². The highest BCUT2D eigenvalue weighted by Gasteiger charge is 1.99. The zero-order chi connectivity index (χ0) is 19.4. The lowest BCUT2D eigenvalue weighted by Crippen LogP contribution is -2.00. The van der Waals surface area contributed by atoms with Gasteiger partial charge in [0, 0.05) is 12.2 Å². The molecule has 0 saturated carbocycles. The highest BCUT2D eigenvalue weighted by Crippen LogP contribution is 2.19. The summed E-state index contributed by atoms with van der Waals surface area (Å²) in [6.07, 6.45) is 3.55. The molecule has 1 N–H and O–H groups in total. The average Bonchev–Trinajstić information content (AvgIpc) is 2.76. The number of hydrogen-bond acceptors (Lipinski definition) is 3. The maximum atomic E-state index is 5.83. The van der Waals surface area contributed by atoms with Crippen molar-refractivity contribution >= 4 is 5.69 Å². The lowest BCUT2D eigenvalue weighted by molar-refractivity contribution is 0.306. The van der Waals surface area contributed by atoms with Gasteiger partial charge in [-0.25, -0.2) is 0 Å². The van der Waals surface area contributed by atoms with Crippen LogP contribution in [-0.4, -0.2) is 6.61 Å². The predicted octanol–water partition coefficient (Wildman–Crippen LogP) is 6.45. The van der Waals surface area contributed by atoms with Crippen molar-refractivity contribution < 1.29 is 9.47 Å². The van der Waals surface area contributed by atoms with Crippen molar-refractivity contribution in [3.05, 3.63) is 90.0 Å². The van der Waals surface area contributed by atoms with E-state index < -0.39 is 0 Å². The summed E-state index contributed by atoms with van der Waals surface area (Å²) in [5.74, 6) is 1.82. The summed E-state index contributed by atoms with van der Waals surface area (Å²) in [4.78, 5) is 0. The van der Waals surface area contributed by atoms with E-state index in [-0.39, 0.29) is 0 Å². The molecule has 3 rings (SSSR count). The first kappa shape index (κ1) is 19.8. The molecule has 0 fully saturated rings. The van der Waals surface area contributed by atoms with E-state index >= 15 is 0 Å². The molecule has 0 saturated heterocycles. The third kappa shape index (κ3) is 6.66. The quantitative estimate of drug-likeness (QED) is 0.391. The van der Waals surface area contributed by atoms with Crippen LogP contribution in [0.1, 0.15) is 37.3 Å². The fourth-order valence-electron chi connectivity index (χ4n) is 2.86. The maximum absolute atomic E-state index is 5.83. The van der Waals surface area contributed by atoms with Gasteiger partial charge in [-0.2, -0.15) is 0 Å². The van der Waals surface area contributed by atoms with Crippen molar-refractivity contribution in [2.24, 2.45) is 0 Å². The van der Waals surface area contributed by atoms with Gasteiger partial charge < -0.3 is 14.8 Å². The Morgan fingerprint density at radius 1 is 0.679 bits per heavy atom. The van der Waals surface area contributed by atoms with Gasteiger partial charge in [0.25, 0.3) is 0 Å². The van der Waals surface area contributed by atoms with Crippen LogP contribution in [0.4, 0.5) is 5.69 Å². The first-order chi connectivity index (χ1) is 13.8. The summed E-state index contributed by atoms with van der Waals surface area (Å²) >= 11 is 0. The molecule has 3 nitrogen and oxygen atoms in total. The highest BCUT2D eigenvalue weighted by atomic mass is 16.5. The van der Waals surface area contributed by atoms with Crippen LogP contribution >= 0.6 is 0 Å². The molecule has 0 atom stereocenters. The second kappa shape index (κ2) is 11.0. The monoisotopic (exact) mass is 375 g/mol. The van der Waals surface area contributed by atoms with E-state index in [1.807, 2.05) is 54.6 Å². The number of unbranched alkanes of at least 4 members (excludes halogenated alkanes) is 2. The van der Waals surface area contributed by atoms with Crippen molar-refractivity contribution in [3.8, 4) is 11.5 Å². The Labute approximate surface area is 168 Å². The summed E-state index contributed by atoms with van der Waals surface area (Å²) in [5.41, 5.74) is 3.47. The van der Waals surface area contributed by atoms with Crippen LogP contribution in [-0.2, 0) is 13.2 Å². The number of ether oxygens (including phenoxy) is 2. The molecular weight excluding hydrogens is 346 g/mol. The SMILES string of the molecule is CCCCCOc1ccc(CNc2ccc(OCc3ccccc3)cc2)cc1. The normalized spacial score (nSPS) is 10.5. The molecule has 28 heavy (non-hydrogen) atoms. The average molecular weight is 376 g/mol. The first-order valence-electron chi connectivity index (χ1n) is 10.1. The molecule has 146 valence electrons. The van der Waals surface area contributed by atoms with Crippen molar-refractivity contribution in [2.75, 3.05) is 11.9 Å². The van der Waals surface area contributed by atoms with Crippen molar-refractivity contribution in [2.45, 2.75) is 39.3 Å². The number of hydrogen-bond donors (Lipinski definition) is 1. The minimum absolute atomic E-state index is 0.584. The Hall–Kier alpha value is -2.94. The number of anilines is 1. The first-order valence-corrected chi connectivity index (χ1v) is 10.1. The van der Waals surface area contributed by atoms with Crippen LogP contribution in [0.5, 0.6) is 11.5 Å². The van der Waals surface area contributed by atoms with E-state index in [0.717, 1.165) is 36.8 Å². The van der Waals surface area contributed by atoms with E-state index in [1.165, 1.54) is 24.0 Å². The Kier molecular flexibility index (Phi) is 7.80. The van der Waals surface area contributed by atoms with Gasteiger partial charge in [0.15, 0.2) is 0 Å². The summed E-state index contributed by atoms with van der Waals surface area (Å²) < 4.78 is 11.6.